The van der Waals surface area contributed by atoms with E-state index in [0.29, 0.717) is 25.4 Å². The largest absolute Gasteiger partial charge is 0.380 e. The van der Waals surface area contributed by atoms with Gasteiger partial charge in [-0.3, -0.25) is 9.59 Å². The second kappa shape index (κ2) is 12.7. The van der Waals surface area contributed by atoms with Crippen LogP contribution in [0.5, 0.6) is 0 Å². The van der Waals surface area contributed by atoms with Gasteiger partial charge in [-0.2, -0.15) is 0 Å². The van der Waals surface area contributed by atoms with Crippen LogP contribution in [0.25, 0.3) is 0 Å². The van der Waals surface area contributed by atoms with Crippen LogP contribution in [0, 0.1) is 17.8 Å². The molecule has 1 heterocycles. The van der Waals surface area contributed by atoms with Crippen LogP contribution >= 0.6 is 0 Å². The van der Waals surface area contributed by atoms with Gasteiger partial charge in [0.25, 0.3) is 0 Å². The summed E-state index contributed by atoms with van der Waals surface area (Å²) in [5.74, 6) is 1.20. The predicted molar refractivity (Wildman–Crippen MR) is 95.6 cm³/mol. The Bertz CT molecular complexity index is 332. The summed E-state index contributed by atoms with van der Waals surface area (Å²) in [5, 5.41) is 0. The molecule has 0 aromatic carbocycles. The van der Waals surface area contributed by atoms with E-state index in [2.05, 4.69) is 4.90 Å². The Kier molecular flexibility index (Phi) is 12.2. The smallest absolute Gasteiger partial charge is 0.138 e. The molecule has 0 radical (unpaired) electrons. The van der Waals surface area contributed by atoms with Crippen molar-refractivity contribution < 1.29 is 14.3 Å². The molecule has 1 saturated heterocycles. The highest BCUT2D eigenvalue weighted by atomic mass is 16.5. The predicted octanol–water partition coefficient (Wildman–Crippen LogP) is 3.58. The van der Waals surface area contributed by atoms with Crippen molar-refractivity contribution in [2.24, 2.45) is 17.8 Å². The van der Waals surface area contributed by atoms with Gasteiger partial charge in [-0.15, -0.1) is 0 Å². The second-order valence-electron chi connectivity index (χ2n) is 6.66. The molecule has 0 unspecified atom stereocenters. The Morgan fingerprint density at radius 1 is 1.00 bits per heavy atom. The number of ketones is 2. The molecule has 4 nitrogen and oxygen atoms in total. The zero-order chi connectivity index (χ0) is 17.8. The number of nitrogens with zero attached hydrogens (tertiary/aromatic N) is 1. The molecular weight excluding hydrogens is 290 g/mol. The summed E-state index contributed by atoms with van der Waals surface area (Å²) < 4.78 is 5.54. The Balaban J connectivity index is 0.00000232. The Morgan fingerprint density at radius 2 is 1.57 bits per heavy atom. The molecule has 0 aliphatic carbocycles. The average molecular weight is 328 g/mol. The first-order valence-corrected chi connectivity index (χ1v) is 9.28. The summed E-state index contributed by atoms with van der Waals surface area (Å²) in [5.41, 5.74) is 0. The molecule has 23 heavy (non-hydrogen) atoms. The number of Topliss-reactive ketones (excluding diaryl/α,β-unsaturated/α-hetero) is 2. The maximum atomic E-state index is 11.9. The fourth-order valence-electron chi connectivity index (χ4n) is 2.67. The van der Waals surface area contributed by atoms with Crippen LogP contribution in [-0.4, -0.2) is 49.3 Å². The minimum atomic E-state index is 0.103. The van der Waals surface area contributed by atoms with Gasteiger partial charge < -0.3 is 9.64 Å². The zero-order valence-electron chi connectivity index (χ0n) is 16.1. The third kappa shape index (κ3) is 9.21. The highest BCUT2D eigenvalue weighted by Gasteiger charge is 2.26. The third-order valence-corrected chi connectivity index (χ3v) is 4.25. The minimum Gasteiger partial charge on any atom is -0.380 e. The molecule has 0 N–H and O–H groups in total. The molecule has 0 atom stereocenters. The van der Waals surface area contributed by atoms with Gasteiger partial charge in [0.1, 0.15) is 11.6 Å². The van der Waals surface area contributed by atoms with E-state index in [1.165, 1.54) is 0 Å². The van der Waals surface area contributed by atoms with Crippen molar-refractivity contribution in [1.82, 2.24) is 4.90 Å². The van der Waals surface area contributed by atoms with Gasteiger partial charge in [0, 0.05) is 30.7 Å². The van der Waals surface area contributed by atoms with Crippen molar-refractivity contribution in [1.29, 1.82) is 0 Å². The highest BCUT2D eigenvalue weighted by Crippen LogP contribution is 2.20. The fourth-order valence-corrected chi connectivity index (χ4v) is 2.67. The molecule has 136 valence electrons. The van der Waals surface area contributed by atoms with Gasteiger partial charge in [0.2, 0.25) is 0 Å². The number of rotatable bonds is 9. The van der Waals surface area contributed by atoms with E-state index < -0.39 is 0 Å². The van der Waals surface area contributed by atoms with Crippen LogP contribution in [0.2, 0.25) is 0 Å². The van der Waals surface area contributed by atoms with Crippen LogP contribution in [0.15, 0.2) is 0 Å². The maximum absolute atomic E-state index is 11.9. The van der Waals surface area contributed by atoms with Crippen LogP contribution in [-0.2, 0) is 14.3 Å². The molecule has 1 aliphatic heterocycles. The van der Waals surface area contributed by atoms with E-state index >= 15 is 0 Å². The Morgan fingerprint density at radius 3 is 2.04 bits per heavy atom. The summed E-state index contributed by atoms with van der Waals surface area (Å²) >= 11 is 0. The summed E-state index contributed by atoms with van der Waals surface area (Å²) in [4.78, 5) is 25.7. The van der Waals surface area contributed by atoms with E-state index in [-0.39, 0.29) is 23.5 Å². The molecule has 4 heteroatoms. The second-order valence-corrected chi connectivity index (χ2v) is 6.66. The maximum Gasteiger partial charge on any atom is 0.138 e. The lowest BCUT2D eigenvalue weighted by atomic mass is 9.87. The summed E-state index contributed by atoms with van der Waals surface area (Å²) in [6.07, 6.45) is 2.47. The first-order chi connectivity index (χ1) is 10.9. The van der Waals surface area contributed by atoms with Crippen LogP contribution < -0.4 is 0 Å². The molecule has 0 saturated carbocycles. The van der Waals surface area contributed by atoms with Gasteiger partial charge in [0.15, 0.2) is 0 Å². The first-order valence-electron chi connectivity index (χ1n) is 9.28. The van der Waals surface area contributed by atoms with Crippen molar-refractivity contribution in [2.75, 3.05) is 32.8 Å². The molecule has 1 rings (SSSR count). The van der Waals surface area contributed by atoms with Crippen LogP contribution in [0.1, 0.15) is 60.8 Å². The summed E-state index contributed by atoms with van der Waals surface area (Å²) in [7, 11) is 0. The van der Waals surface area contributed by atoms with Crippen molar-refractivity contribution >= 4 is 11.6 Å². The number of ether oxygens (including phenoxy) is 1. The average Bonchev–Trinajstić information content (AvgIpc) is 2.55. The van der Waals surface area contributed by atoms with Crippen molar-refractivity contribution in [3.8, 4) is 0 Å². The quantitative estimate of drug-likeness (QED) is 0.607. The molecular formula is C19H37NO3. The highest BCUT2D eigenvalue weighted by molar-refractivity contribution is 5.82. The first kappa shape index (κ1) is 22.3. The lowest BCUT2D eigenvalue weighted by Gasteiger charge is -2.31. The van der Waals surface area contributed by atoms with Gasteiger partial charge in [-0.1, -0.05) is 41.5 Å². The van der Waals surface area contributed by atoms with Crippen molar-refractivity contribution in [3.05, 3.63) is 0 Å². The van der Waals surface area contributed by atoms with Crippen LogP contribution in [0.4, 0.5) is 0 Å². The monoisotopic (exact) mass is 327 g/mol. The Hall–Kier alpha value is -0.740. The molecule has 0 bridgehead atoms. The van der Waals surface area contributed by atoms with Crippen molar-refractivity contribution in [3.63, 3.8) is 0 Å². The van der Waals surface area contributed by atoms with E-state index in [1.54, 1.807) is 0 Å². The Labute approximate surface area is 143 Å². The third-order valence-electron chi connectivity index (χ3n) is 4.25. The number of likely N-dealkylation sites (tertiary alicyclic amines) is 1. The van der Waals surface area contributed by atoms with Gasteiger partial charge in [0.05, 0.1) is 13.2 Å². The lowest BCUT2D eigenvalue weighted by Crippen LogP contribution is -2.39. The molecule has 0 aromatic rings. The topological polar surface area (TPSA) is 46.6 Å². The molecule has 0 spiro atoms. The summed E-state index contributed by atoms with van der Waals surface area (Å²) in [6.45, 7) is 15.9. The minimum absolute atomic E-state index is 0.103. The van der Waals surface area contributed by atoms with E-state index in [9.17, 15) is 9.59 Å². The SMILES string of the molecule is CC.CC(C)C(=O)CCOCCN1CCC(C(=O)C(C)C)CC1. The van der Waals surface area contributed by atoms with E-state index in [1.807, 2.05) is 41.5 Å². The molecule has 0 amide bonds. The van der Waals surface area contributed by atoms with E-state index in [0.717, 1.165) is 32.5 Å². The van der Waals surface area contributed by atoms with E-state index in [4.69, 9.17) is 4.74 Å². The molecule has 1 aliphatic rings. The number of carbonyl (C=O) groups is 2. The summed E-state index contributed by atoms with van der Waals surface area (Å²) in [6, 6.07) is 0. The lowest BCUT2D eigenvalue weighted by molar-refractivity contribution is -0.127. The number of hydrogen-bond donors (Lipinski definition) is 0. The molecule has 0 aromatic heterocycles. The number of carbonyl (C=O) groups excluding carboxylic acids is 2. The normalized spacial score (nSPS) is 16.3. The fraction of sp³-hybridized carbons (Fsp3) is 0.895. The van der Waals surface area contributed by atoms with Gasteiger partial charge in [-0.05, 0) is 25.9 Å². The zero-order valence-corrected chi connectivity index (χ0v) is 16.1. The van der Waals surface area contributed by atoms with Crippen molar-refractivity contribution in [2.45, 2.75) is 60.8 Å². The number of hydrogen-bond acceptors (Lipinski definition) is 4. The number of piperidine rings is 1. The standard InChI is InChI=1S/C17H31NO3.C2H6/c1-13(2)16(19)7-11-21-12-10-18-8-5-15(6-9-18)17(20)14(3)4;1-2/h13-15H,5-12H2,1-4H3;1-2H3. The molecule has 1 fully saturated rings. The van der Waals surface area contributed by atoms with Gasteiger partial charge in [-0.25, -0.2) is 0 Å². The van der Waals surface area contributed by atoms with Gasteiger partial charge >= 0.3 is 0 Å². The van der Waals surface area contributed by atoms with Crippen LogP contribution in [0.3, 0.4) is 0 Å².